The lowest BCUT2D eigenvalue weighted by Crippen LogP contribution is -2.29. The number of furan rings is 1. The Kier molecular flexibility index (Phi) is 6.13. The number of amides is 1. The second-order valence-electron chi connectivity index (χ2n) is 8.38. The quantitative estimate of drug-likeness (QED) is 0.148. The summed E-state index contributed by atoms with van der Waals surface area (Å²) in [6.45, 7) is 4.61. The molecule has 35 heavy (non-hydrogen) atoms. The fourth-order valence-electron chi connectivity index (χ4n) is 4.09. The third-order valence-electron chi connectivity index (χ3n) is 5.87. The molecule has 0 aliphatic carbocycles. The van der Waals surface area contributed by atoms with Gasteiger partial charge in [-0.2, -0.15) is 0 Å². The van der Waals surface area contributed by atoms with E-state index < -0.39 is 17.7 Å². The molecule has 8 heteroatoms. The Labute approximate surface area is 206 Å². The second-order valence-corrected chi connectivity index (χ2v) is 9.39. The molecule has 1 N–H and O–H groups in total. The van der Waals surface area contributed by atoms with Crippen LogP contribution in [0.25, 0.3) is 16.0 Å². The van der Waals surface area contributed by atoms with Crippen LogP contribution < -0.4 is 9.64 Å². The van der Waals surface area contributed by atoms with Crippen molar-refractivity contribution in [3.63, 3.8) is 0 Å². The summed E-state index contributed by atoms with van der Waals surface area (Å²) < 4.78 is 12.3. The first-order valence-corrected chi connectivity index (χ1v) is 12.2. The molecule has 7 nitrogen and oxygen atoms in total. The number of nitrogens with zero attached hydrogens (tertiary/aromatic N) is 2. The second kappa shape index (κ2) is 9.38. The van der Waals surface area contributed by atoms with E-state index in [1.54, 1.807) is 36.4 Å². The molecule has 1 aliphatic rings. The van der Waals surface area contributed by atoms with Crippen molar-refractivity contribution in [2.24, 2.45) is 0 Å². The number of hydrogen-bond donors (Lipinski definition) is 1. The van der Waals surface area contributed by atoms with E-state index in [2.05, 4.69) is 11.9 Å². The standard InChI is InChI=1S/C27H24N2O5S/c1-3-4-12-33-18-8-5-7-17(15-18)24(30)22-23(20-9-6-13-34-20)29(26(32)25(22)31)27-28-19-11-10-16(2)14-21(19)35-27/h5-11,13-15,23,30H,3-4,12H2,1-2H3. The summed E-state index contributed by atoms with van der Waals surface area (Å²) in [5.74, 6) is -0.912. The van der Waals surface area contributed by atoms with Gasteiger partial charge in [-0.1, -0.05) is 42.9 Å². The molecule has 178 valence electrons. The van der Waals surface area contributed by atoms with E-state index >= 15 is 0 Å². The Morgan fingerprint density at radius 3 is 2.80 bits per heavy atom. The third-order valence-corrected chi connectivity index (χ3v) is 6.89. The molecular formula is C27H24N2O5S. The van der Waals surface area contributed by atoms with E-state index in [1.807, 2.05) is 25.1 Å². The van der Waals surface area contributed by atoms with Gasteiger partial charge in [-0.3, -0.25) is 14.5 Å². The van der Waals surface area contributed by atoms with E-state index in [4.69, 9.17) is 9.15 Å². The molecule has 0 saturated carbocycles. The summed E-state index contributed by atoms with van der Waals surface area (Å²) in [7, 11) is 0. The molecule has 1 amide bonds. The topological polar surface area (TPSA) is 92.9 Å². The molecule has 2 aromatic carbocycles. The van der Waals surface area contributed by atoms with Crippen molar-refractivity contribution in [3.05, 3.63) is 83.3 Å². The van der Waals surface area contributed by atoms with Crippen molar-refractivity contribution in [2.45, 2.75) is 32.7 Å². The predicted octanol–water partition coefficient (Wildman–Crippen LogP) is 6.00. The van der Waals surface area contributed by atoms with Gasteiger partial charge in [-0.15, -0.1) is 0 Å². The molecule has 5 rings (SSSR count). The first-order chi connectivity index (χ1) is 17.0. The molecule has 2 aromatic heterocycles. The summed E-state index contributed by atoms with van der Waals surface area (Å²) in [6, 6.07) is 15.1. The van der Waals surface area contributed by atoms with E-state index in [1.165, 1.54) is 22.5 Å². The van der Waals surface area contributed by atoms with Gasteiger partial charge in [0, 0.05) is 5.56 Å². The zero-order valence-electron chi connectivity index (χ0n) is 19.4. The van der Waals surface area contributed by atoms with Crippen molar-refractivity contribution in [3.8, 4) is 5.75 Å². The van der Waals surface area contributed by atoms with Gasteiger partial charge < -0.3 is 14.3 Å². The van der Waals surface area contributed by atoms with Crippen LogP contribution in [0.5, 0.6) is 5.75 Å². The number of thiazole rings is 1. The molecule has 4 aromatic rings. The summed E-state index contributed by atoms with van der Waals surface area (Å²) in [5.41, 5.74) is 2.13. The summed E-state index contributed by atoms with van der Waals surface area (Å²) in [4.78, 5) is 32.5. The Morgan fingerprint density at radius 2 is 2.03 bits per heavy atom. The van der Waals surface area contributed by atoms with E-state index in [0.717, 1.165) is 28.6 Å². The van der Waals surface area contributed by atoms with E-state index in [0.29, 0.717) is 28.8 Å². The van der Waals surface area contributed by atoms with Crippen LogP contribution in [0.2, 0.25) is 0 Å². The number of aliphatic hydroxyl groups is 1. The molecule has 1 atom stereocenters. The molecular weight excluding hydrogens is 464 g/mol. The molecule has 1 aliphatic heterocycles. The number of Topliss-reactive ketones (excluding diaryl/α,β-unsaturated/α-hetero) is 1. The maximum atomic E-state index is 13.3. The Morgan fingerprint density at radius 1 is 1.17 bits per heavy atom. The fourth-order valence-corrected chi connectivity index (χ4v) is 5.18. The first-order valence-electron chi connectivity index (χ1n) is 11.4. The van der Waals surface area contributed by atoms with Gasteiger partial charge in [-0.25, -0.2) is 4.98 Å². The smallest absolute Gasteiger partial charge is 0.302 e. The zero-order valence-corrected chi connectivity index (χ0v) is 20.2. The minimum absolute atomic E-state index is 0.0499. The highest BCUT2D eigenvalue weighted by Crippen LogP contribution is 2.44. The minimum Gasteiger partial charge on any atom is -0.507 e. The van der Waals surface area contributed by atoms with Gasteiger partial charge in [0.1, 0.15) is 23.3 Å². The average molecular weight is 489 g/mol. The SMILES string of the molecule is CCCCOc1cccc(C(O)=C2C(=O)C(=O)N(c3nc4ccc(C)cc4s3)C2c2ccco2)c1. The lowest BCUT2D eigenvalue weighted by atomic mass is 9.99. The van der Waals surface area contributed by atoms with Crippen molar-refractivity contribution >= 4 is 44.1 Å². The summed E-state index contributed by atoms with van der Waals surface area (Å²) >= 11 is 1.31. The van der Waals surface area contributed by atoms with Crippen LogP contribution >= 0.6 is 11.3 Å². The predicted molar refractivity (Wildman–Crippen MR) is 135 cm³/mol. The summed E-state index contributed by atoms with van der Waals surface area (Å²) in [5, 5.41) is 11.6. The van der Waals surface area contributed by atoms with Gasteiger partial charge in [0.25, 0.3) is 5.78 Å². The van der Waals surface area contributed by atoms with E-state index in [-0.39, 0.29) is 11.3 Å². The lowest BCUT2D eigenvalue weighted by molar-refractivity contribution is -0.132. The van der Waals surface area contributed by atoms with Gasteiger partial charge >= 0.3 is 5.91 Å². The van der Waals surface area contributed by atoms with Crippen LogP contribution in [-0.4, -0.2) is 28.4 Å². The van der Waals surface area contributed by atoms with E-state index in [9.17, 15) is 14.7 Å². The van der Waals surface area contributed by atoms with Crippen LogP contribution in [0.4, 0.5) is 5.13 Å². The Hall–Kier alpha value is -3.91. The fraction of sp³-hybridized carbons (Fsp3) is 0.222. The first kappa shape index (κ1) is 22.9. The molecule has 0 radical (unpaired) electrons. The van der Waals surface area contributed by atoms with Crippen molar-refractivity contribution in [1.29, 1.82) is 0 Å². The van der Waals surface area contributed by atoms with Crippen molar-refractivity contribution in [1.82, 2.24) is 4.98 Å². The van der Waals surface area contributed by atoms with Crippen molar-refractivity contribution in [2.75, 3.05) is 11.5 Å². The van der Waals surface area contributed by atoms with Crippen molar-refractivity contribution < 1.29 is 23.8 Å². The minimum atomic E-state index is -0.948. The third kappa shape index (κ3) is 4.21. The largest absolute Gasteiger partial charge is 0.507 e. The van der Waals surface area contributed by atoms with Crippen LogP contribution in [-0.2, 0) is 9.59 Å². The molecule has 3 heterocycles. The number of anilines is 1. The highest BCUT2D eigenvalue weighted by atomic mass is 32.1. The molecule has 0 bridgehead atoms. The van der Waals surface area contributed by atoms with Crippen LogP contribution in [0.3, 0.4) is 0 Å². The lowest BCUT2D eigenvalue weighted by Gasteiger charge is -2.20. The monoisotopic (exact) mass is 488 g/mol. The number of carbonyl (C=O) groups excluding carboxylic acids is 2. The number of fused-ring (bicyclic) bond motifs is 1. The summed E-state index contributed by atoms with van der Waals surface area (Å²) in [6.07, 6.45) is 3.37. The number of carbonyl (C=O) groups is 2. The number of unbranched alkanes of at least 4 members (excludes halogenated alkanes) is 1. The number of aromatic nitrogens is 1. The van der Waals surface area contributed by atoms with Gasteiger partial charge in [0.05, 0.1) is 28.7 Å². The molecule has 1 fully saturated rings. The van der Waals surface area contributed by atoms with Crippen LogP contribution in [0.1, 0.15) is 42.7 Å². The molecule has 0 spiro atoms. The number of aliphatic hydroxyl groups excluding tert-OH is 1. The normalized spacial score (nSPS) is 17.4. The Bertz CT molecular complexity index is 1440. The average Bonchev–Trinajstić information content (AvgIpc) is 3.58. The maximum Gasteiger partial charge on any atom is 0.302 e. The van der Waals surface area contributed by atoms with Gasteiger partial charge in [0.2, 0.25) is 0 Å². The molecule has 1 saturated heterocycles. The number of rotatable bonds is 7. The highest BCUT2D eigenvalue weighted by Gasteiger charge is 2.49. The van der Waals surface area contributed by atoms with Gasteiger partial charge in [0.15, 0.2) is 5.13 Å². The number of benzene rings is 2. The zero-order chi connectivity index (χ0) is 24.5. The number of ether oxygens (including phenoxy) is 1. The van der Waals surface area contributed by atoms with Gasteiger partial charge in [-0.05, 0) is 55.3 Å². The Balaban J connectivity index is 1.61. The number of hydrogen-bond acceptors (Lipinski definition) is 7. The van der Waals surface area contributed by atoms with Crippen LogP contribution in [0, 0.1) is 6.92 Å². The number of aryl methyl sites for hydroxylation is 1. The van der Waals surface area contributed by atoms with Crippen LogP contribution in [0.15, 0.2) is 70.9 Å². The highest BCUT2D eigenvalue weighted by molar-refractivity contribution is 7.22. The maximum absolute atomic E-state index is 13.3. The molecule has 1 unspecified atom stereocenters. The number of ketones is 1.